The molecule has 78 heavy (non-hydrogen) atoms. The van der Waals surface area contributed by atoms with Gasteiger partial charge in [-0.25, -0.2) is 22.4 Å². The number of rotatable bonds is 8. The summed E-state index contributed by atoms with van der Waals surface area (Å²) < 4.78 is 15.7. The van der Waals surface area contributed by atoms with Gasteiger partial charge in [-0.05, 0) is 119 Å². The summed E-state index contributed by atoms with van der Waals surface area (Å²) in [4.78, 5) is 43.4. The summed E-state index contributed by atoms with van der Waals surface area (Å²) >= 11 is 14.6. The van der Waals surface area contributed by atoms with Gasteiger partial charge in [0.25, 0.3) is 0 Å². The van der Waals surface area contributed by atoms with E-state index < -0.39 is 0 Å². The number of alkyl halides is 1. The first-order chi connectivity index (χ1) is 35.9. The van der Waals surface area contributed by atoms with Crippen LogP contribution in [-0.4, -0.2) is 46.4 Å². The van der Waals surface area contributed by atoms with E-state index in [1.54, 1.807) is 5.69 Å². The third kappa shape index (κ3) is 18.7. The quantitative estimate of drug-likeness (QED) is 0.0702. The number of hydrogen-bond donors (Lipinski definition) is 1. The second-order valence-corrected chi connectivity index (χ2v) is 20.1. The van der Waals surface area contributed by atoms with Crippen LogP contribution in [0.15, 0.2) is 173 Å². The van der Waals surface area contributed by atoms with Gasteiger partial charge in [0.2, 0.25) is 0 Å². The molecule has 3 aromatic heterocycles. The van der Waals surface area contributed by atoms with E-state index in [9.17, 15) is 9.59 Å². The topological polar surface area (TPSA) is 112 Å². The summed E-state index contributed by atoms with van der Waals surface area (Å²) in [6, 6.07) is 56.2. The van der Waals surface area contributed by atoms with Crippen molar-refractivity contribution in [3.05, 3.63) is 218 Å². The summed E-state index contributed by atoms with van der Waals surface area (Å²) in [6.45, 7) is 8.86. The van der Waals surface area contributed by atoms with Crippen molar-refractivity contribution in [3.63, 3.8) is 0 Å². The van der Waals surface area contributed by atoms with E-state index in [2.05, 4.69) is 189 Å². The van der Waals surface area contributed by atoms with Crippen LogP contribution in [-0.2, 0) is 35.4 Å². The zero-order chi connectivity index (χ0) is 53.7. The van der Waals surface area contributed by atoms with Gasteiger partial charge in [-0.1, -0.05) is 191 Å². The van der Waals surface area contributed by atoms with Crippen LogP contribution in [0, 0.1) is 13.3 Å². The molecule has 11 rings (SSSR count). The van der Waals surface area contributed by atoms with Crippen molar-refractivity contribution < 1.29 is 45.0 Å². The number of carbonyl (C=O) groups excluding carboxylic acids is 4. The Morgan fingerprint density at radius 3 is 1.38 bits per heavy atom. The number of aromatic nitrogens is 3. The Morgan fingerprint density at radius 1 is 0.590 bits per heavy atom. The molecule has 2 fully saturated rings. The maximum atomic E-state index is 12.2. The number of carbonyl (C=O) groups is 2. The number of esters is 2. The number of H-pyrrole nitrogens is 1. The number of fused-ring (bicyclic) bond motifs is 3. The van der Waals surface area contributed by atoms with Gasteiger partial charge in [-0.15, -0.1) is 0 Å². The van der Waals surface area contributed by atoms with E-state index in [4.69, 9.17) is 19.1 Å². The van der Waals surface area contributed by atoms with Gasteiger partial charge in [0.05, 0.1) is 47.6 Å². The number of para-hydroxylation sites is 3. The Hall–Kier alpha value is -5.20. The van der Waals surface area contributed by atoms with Crippen molar-refractivity contribution in [1.82, 2.24) is 14.1 Å². The van der Waals surface area contributed by atoms with Crippen LogP contribution in [0.1, 0.15) is 148 Å². The van der Waals surface area contributed by atoms with Crippen LogP contribution in [0.3, 0.4) is 0 Å². The Balaban J connectivity index is 0.000000505. The Bertz CT molecular complexity index is 3220. The van der Waals surface area contributed by atoms with Gasteiger partial charge >= 0.3 is 48.1 Å². The summed E-state index contributed by atoms with van der Waals surface area (Å²) in [5, 5.41) is 3.18. The van der Waals surface area contributed by atoms with Crippen molar-refractivity contribution in [3.8, 4) is 0 Å². The predicted molar refractivity (Wildman–Crippen MR) is 336 cm³/mol. The molecule has 14 heteroatoms. The van der Waals surface area contributed by atoms with Crippen molar-refractivity contribution in [2.75, 3.05) is 14.2 Å². The van der Waals surface area contributed by atoms with Gasteiger partial charge in [-0.3, -0.25) is 0 Å². The zero-order valence-corrected chi connectivity index (χ0v) is 51.7. The molecule has 0 bridgehead atoms. The molecule has 0 amide bonds. The van der Waals surface area contributed by atoms with Crippen LogP contribution in [0.25, 0.3) is 32.7 Å². The van der Waals surface area contributed by atoms with E-state index >= 15 is 0 Å². The van der Waals surface area contributed by atoms with Gasteiger partial charge in [0.15, 0.2) is 0 Å². The molecule has 2 aliphatic carbocycles. The molecule has 412 valence electrons. The molecule has 0 spiro atoms. The third-order valence-corrected chi connectivity index (χ3v) is 14.3. The molecule has 0 saturated heterocycles. The number of aromatic amines is 1. The molecular weight excluding hydrogens is 1290 g/mol. The summed E-state index contributed by atoms with van der Waals surface area (Å²) in [7, 11) is 2.78. The molecule has 3 unspecified atom stereocenters. The van der Waals surface area contributed by atoms with Crippen LogP contribution in [0.2, 0.25) is 0 Å². The fraction of sp³-hybridized carbons (Fsp3) is 0.281. The molecule has 6 aromatic carbocycles. The molecule has 2 aliphatic rings. The fourth-order valence-electron chi connectivity index (χ4n) is 8.52. The molecule has 9 nitrogen and oxygen atoms in total. The van der Waals surface area contributed by atoms with Crippen molar-refractivity contribution in [2.24, 2.45) is 0 Å². The normalized spacial score (nSPS) is 12.4. The molecule has 3 atom stereocenters. The summed E-state index contributed by atoms with van der Waals surface area (Å²) in [6.07, 6.45) is 7.94. The van der Waals surface area contributed by atoms with Crippen molar-refractivity contribution in [2.45, 2.75) is 106 Å². The van der Waals surface area contributed by atoms with Gasteiger partial charge in [-0.2, -0.15) is 9.59 Å². The third-order valence-electron chi connectivity index (χ3n) is 12.4. The van der Waals surface area contributed by atoms with E-state index in [1.165, 1.54) is 89.4 Å². The van der Waals surface area contributed by atoms with E-state index in [-0.39, 0.29) is 53.8 Å². The molecule has 3 heterocycles. The number of aryl methyl sites for hydroxylation is 1. The first-order valence-corrected chi connectivity index (χ1v) is 33.5. The molecule has 0 aliphatic heterocycles. The molecule has 0 radical (unpaired) electrons. The Labute approximate surface area is 505 Å². The molecule has 1 N–H and O–H groups in total. The van der Waals surface area contributed by atoms with Crippen LogP contribution in [0.5, 0.6) is 0 Å². The number of benzene rings is 6. The van der Waals surface area contributed by atoms with Crippen LogP contribution < -0.4 is 0 Å². The van der Waals surface area contributed by atoms with Crippen molar-refractivity contribution in [1.29, 1.82) is 0 Å². The monoisotopic (exact) mass is 1360 g/mol. The standard InChI is InChI=1S/C20H21N.C18H16BrNO2.C10H8BrNO2.C8H9Br.C3H5.CO2.4CH4.BrH.Zn/c1-14-18-10-6-7-11-19(18)21(20(14)17-12-13-17)15(2)16-8-4-3-5-9-16;1-12(13-8-4-3-5-9-13)20-15-11-7-6-10-14(15)16(17(20)19)18(21)22-2;1-14-10(13)8-6-4-2-3-5-7(6)12-9(8)11;1-7(9)8-5-3-2-4-6-8;1-2-3-1;2-1-3;;;;;;/h3-11,15,17H,12-13H2,1-2H3;3-12H,1-2H3;2-5,12H,1H3;2-7H,1H3;1H,2-3H2;;4*1H4;1H;/q;;;;-1;;;;;;;+2/p-1. The Morgan fingerprint density at radius 2 is 0.962 bits per heavy atom. The SMILES string of the molecule is C.C.C.C.CC(Br)c1ccccc1.COC(=O)c1c(Br)[nH]c2ccccc12.COC(=O)c1c(Br)n(C(C)c2ccccc2)c2ccccc12.Cc1c(C2CC2)n(C(C)c2ccccc2)c2ccccc12.O=C=O.[CH-]1CC1.[Zn+][Br]. The summed E-state index contributed by atoms with van der Waals surface area (Å²) in [5.41, 5.74) is 11.4. The second-order valence-electron chi connectivity index (χ2n) is 17.2. The Kier molecular flexibility index (Phi) is 32.8. The fourth-order valence-corrected chi connectivity index (χ4v) is 10.3. The number of nitrogens with one attached hydrogen (secondary N) is 1. The van der Waals surface area contributed by atoms with E-state index in [0.29, 0.717) is 26.6 Å². The summed E-state index contributed by atoms with van der Waals surface area (Å²) in [5.74, 6) is 0.0972. The van der Waals surface area contributed by atoms with Crippen LogP contribution >= 0.6 is 61.4 Å². The van der Waals surface area contributed by atoms with Gasteiger partial charge < -0.3 is 30.0 Å². The molecule has 2 saturated carbocycles. The molecular formula is C64H75Br4N3O6Zn. The maximum absolute atomic E-state index is 12.2. The number of methoxy groups -OCH3 is 2. The number of ether oxygens (including phenoxy) is 2. The van der Waals surface area contributed by atoms with Crippen molar-refractivity contribution >= 4 is 112 Å². The molecule has 9 aromatic rings. The first kappa shape index (κ1) is 70.8. The first-order valence-electron chi connectivity index (χ1n) is 24.0. The van der Waals surface area contributed by atoms with E-state index in [0.717, 1.165) is 32.3 Å². The van der Waals surface area contributed by atoms with E-state index in [1.807, 2.05) is 84.9 Å². The van der Waals surface area contributed by atoms with Gasteiger partial charge in [0.1, 0.15) is 4.60 Å². The number of halogens is 4. The minimum atomic E-state index is -0.339. The number of hydrogen-bond acceptors (Lipinski definition) is 6. The van der Waals surface area contributed by atoms with Crippen LogP contribution in [0.4, 0.5) is 0 Å². The average molecular weight is 1370 g/mol. The zero-order valence-electron chi connectivity index (χ0n) is 42.4. The van der Waals surface area contributed by atoms with Gasteiger partial charge in [0, 0.05) is 37.7 Å². The minimum absolute atomic E-state index is 0. The number of nitrogens with zero attached hydrogens (tertiary/aromatic N) is 2. The average Bonchev–Trinajstić information content (AvgIpc) is 4.41. The predicted octanol–water partition coefficient (Wildman–Crippen LogP) is 19.9. The second kappa shape index (κ2) is 36.1.